The quantitative estimate of drug-likeness (QED) is 0.868. The molecule has 0 radical (unpaired) electrons. The van der Waals surface area contributed by atoms with Crippen LogP contribution in [0.1, 0.15) is 11.4 Å². The van der Waals surface area contributed by atoms with Crippen molar-refractivity contribution in [2.24, 2.45) is 0 Å². The maximum Gasteiger partial charge on any atom is 0.436 e. The van der Waals surface area contributed by atoms with Gasteiger partial charge in [-0.3, -0.25) is 0 Å². The van der Waals surface area contributed by atoms with Crippen LogP contribution in [0.4, 0.5) is 13.2 Å². The number of rotatable bonds is 3. The fourth-order valence-corrected chi connectivity index (χ4v) is 1.74. The molecule has 0 saturated heterocycles. The lowest BCUT2D eigenvalue weighted by atomic mass is 10.2. The molecule has 1 heterocycles. The van der Waals surface area contributed by atoms with Gasteiger partial charge in [-0.2, -0.15) is 18.4 Å². The van der Waals surface area contributed by atoms with Gasteiger partial charge in [0.25, 0.3) is 0 Å². The molecule has 0 bridgehead atoms. The lowest BCUT2D eigenvalue weighted by molar-refractivity contribution is -0.143. The maximum atomic E-state index is 13.1. The van der Waals surface area contributed by atoms with Crippen LogP contribution in [0.5, 0.6) is 11.5 Å². The molecule has 0 spiro atoms. The fraction of sp³-hybridized carbons (Fsp3) is 0.250. The first-order valence-corrected chi connectivity index (χ1v) is 5.57. The summed E-state index contributed by atoms with van der Waals surface area (Å²) in [4.78, 5) is 0. The lowest BCUT2D eigenvalue weighted by Crippen LogP contribution is -2.15. The molecule has 1 aromatic heterocycles. The zero-order valence-electron chi connectivity index (χ0n) is 11.0. The first-order valence-electron chi connectivity index (χ1n) is 5.57. The Labute approximate surface area is 117 Å². The number of benzene rings is 1. The number of methoxy groups -OCH3 is 2. The minimum absolute atomic E-state index is 0.0295. The molecule has 0 amide bonds. The van der Waals surface area contributed by atoms with E-state index in [0.29, 0.717) is 10.4 Å². The first kappa shape index (κ1) is 14.6. The van der Waals surface area contributed by atoms with Crippen LogP contribution < -0.4 is 9.47 Å². The highest BCUT2D eigenvalue weighted by atomic mass is 19.4. The highest BCUT2D eigenvalue weighted by Crippen LogP contribution is 2.35. The van der Waals surface area contributed by atoms with Gasteiger partial charge in [-0.15, -0.1) is 5.10 Å². The third-order valence-corrected chi connectivity index (χ3v) is 2.66. The minimum Gasteiger partial charge on any atom is -0.497 e. The summed E-state index contributed by atoms with van der Waals surface area (Å²) in [5.41, 5.74) is -2.11. The summed E-state index contributed by atoms with van der Waals surface area (Å²) in [7, 11) is 2.68. The van der Waals surface area contributed by atoms with Crippen molar-refractivity contribution in [3.05, 3.63) is 29.6 Å². The number of hydrogen-bond donors (Lipinski definition) is 0. The summed E-state index contributed by atoms with van der Waals surface area (Å²) in [5, 5.41) is 15.4. The first-order chi connectivity index (χ1) is 9.92. The number of aromatic nitrogens is 3. The Morgan fingerprint density at radius 1 is 1.24 bits per heavy atom. The van der Waals surface area contributed by atoms with Crippen molar-refractivity contribution in [1.82, 2.24) is 15.0 Å². The summed E-state index contributed by atoms with van der Waals surface area (Å²) in [6.07, 6.45) is -4.79. The molecule has 21 heavy (non-hydrogen) atoms. The molecular weight excluding hydrogens is 289 g/mol. The number of hydrogen-bond acceptors (Lipinski definition) is 5. The van der Waals surface area contributed by atoms with Gasteiger partial charge in [-0.1, -0.05) is 5.21 Å². The van der Waals surface area contributed by atoms with E-state index in [4.69, 9.17) is 14.7 Å². The van der Waals surface area contributed by atoms with E-state index in [2.05, 4.69) is 10.3 Å². The van der Waals surface area contributed by atoms with Crippen LogP contribution in [0.15, 0.2) is 18.2 Å². The van der Waals surface area contributed by atoms with Crippen molar-refractivity contribution in [2.45, 2.75) is 6.18 Å². The van der Waals surface area contributed by atoms with E-state index in [-0.39, 0.29) is 11.4 Å². The smallest absolute Gasteiger partial charge is 0.436 e. The molecule has 0 aliphatic heterocycles. The summed E-state index contributed by atoms with van der Waals surface area (Å²) in [6, 6.07) is 5.64. The molecule has 1 aromatic carbocycles. The summed E-state index contributed by atoms with van der Waals surface area (Å²) < 4.78 is 49.8. The molecule has 0 unspecified atom stereocenters. The zero-order chi connectivity index (χ0) is 15.6. The molecule has 110 valence electrons. The minimum atomic E-state index is -4.79. The predicted octanol–water partition coefficient (Wildman–Crippen LogP) is 2.17. The molecule has 0 fully saturated rings. The normalized spacial score (nSPS) is 11.0. The van der Waals surface area contributed by atoms with Gasteiger partial charge in [-0.25, -0.2) is 4.68 Å². The topological polar surface area (TPSA) is 73.0 Å². The third-order valence-electron chi connectivity index (χ3n) is 2.66. The SMILES string of the molecule is COc1ccc(OC)c(-n2nnc(C#N)c2C(F)(F)F)c1. The summed E-state index contributed by atoms with van der Waals surface area (Å²) in [5.74, 6) is 0.448. The molecule has 0 aliphatic rings. The van der Waals surface area contributed by atoms with Crippen LogP contribution in [0, 0.1) is 11.3 Å². The molecular formula is C12H9F3N4O2. The van der Waals surface area contributed by atoms with Crippen LogP contribution in [-0.4, -0.2) is 29.2 Å². The van der Waals surface area contributed by atoms with Crippen LogP contribution >= 0.6 is 0 Å². The van der Waals surface area contributed by atoms with Gasteiger partial charge < -0.3 is 9.47 Å². The van der Waals surface area contributed by atoms with Crippen molar-refractivity contribution >= 4 is 0 Å². The van der Waals surface area contributed by atoms with Gasteiger partial charge in [-0.05, 0) is 12.1 Å². The van der Waals surface area contributed by atoms with E-state index >= 15 is 0 Å². The Hall–Kier alpha value is -2.76. The van der Waals surface area contributed by atoms with Gasteiger partial charge in [0.15, 0.2) is 11.4 Å². The van der Waals surface area contributed by atoms with E-state index in [9.17, 15) is 13.2 Å². The second-order valence-electron chi connectivity index (χ2n) is 3.85. The molecule has 0 N–H and O–H groups in total. The van der Waals surface area contributed by atoms with Gasteiger partial charge >= 0.3 is 6.18 Å². The Kier molecular flexibility index (Phi) is 3.71. The molecule has 2 aromatic rings. The largest absolute Gasteiger partial charge is 0.497 e. The summed E-state index contributed by atoms with van der Waals surface area (Å²) >= 11 is 0. The molecule has 6 nitrogen and oxygen atoms in total. The van der Waals surface area contributed by atoms with Crippen molar-refractivity contribution in [2.75, 3.05) is 14.2 Å². The number of alkyl halides is 3. The number of nitrogens with zero attached hydrogens (tertiary/aromatic N) is 4. The van der Waals surface area contributed by atoms with E-state index < -0.39 is 17.6 Å². The molecule has 2 rings (SSSR count). The second-order valence-corrected chi connectivity index (χ2v) is 3.85. The van der Waals surface area contributed by atoms with Crippen molar-refractivity contribution in [1.29, 1.82) is 5.26 Å². The summed E-state index contributed by atoms with van der Waals surface area (Å²) in [6.45, 7) is 0. The molecule has 0 atom stereocenters. The molecule has 0 saturated carbocycles. The van der Waals surface area contributed by atoms with Gasteiger partial charge in [0.2, 0.25) is 0 Å². The van der Waals surface area contributed by atoms with Crippen LogP contribution in [-0.2, 0) is 6.18 Å². The number of halogens is 3. The standard InChI is InChI=1S/C12H9F3N4O2/c1-20-7-3-4-10(21-2)9(5-7)19-11(12(13,14)15)8(6-16)17-18-19/h3-5H,1-2H3. The van der Waals surface area contributed by atoms with Gasteiger partial charge in [0.1, 0.15) is 23.3 Å². The van der Waals surface area contributed by atoms with Crippen LogP contribution in [0.25, 0.3) is 5.69 Å². The Balaban J connectivity index is 2.73. The lowest BCUT2D eigenvalue weighted by Gasteiger charge is -2.13. The van der Waals surface area contributed by atoms with E-state index in [1.54, 1.807) is 0 Å². The molecule has 0 aliphatic carbocycles. The van der Waals surface area contributed by atoms with Crippen LogP contribution in [0.3, 0.4) is 0 Å². The Bertz CT molecular complexity index is 704. The van der Waals surface area contributed by atoms with Crippen molar-refractivity contribution in [3.63, 3.8) is 0 Å². The highest BCUT2D eigenvalue weighted by Gasteiger charge is 2.40. The maximum absolute atomic E-state index is 13.1. The number of ether oxygens (including phenoxy) is 2. The zero-order valence-corrected chi connectivity index (χ0v) is 11.0. The monoisotopic (exact) mass is 298 g/mol. The van der Waals surface area contributed by atoms with Crippen molar-refractivity contribution in [3.8, 4) is 23.3 Å². The van der Waals surface area contributed by atoms with E-state index in [0.717, 1.165) is 0 Å². The average Bonchev–Trinajstić information content (AvgIpc) is 2.90. The van der Waals surface area contributed by atoms with Crippen LogP contribution in [0.2, 0.25) is 0 Å². The van der Waals surface area contributed by atoms with Gasteiger partial charge in [0.05, 0.1) is 14.2 Å². The Morgan fingerprint density at radius 3 is 2.48 bits per heavy atom. The fourth-order valence-electron chi connectivity index (χ4n) is 1.74. The Morgan fingerprint density at radius 2 is 1.95 bits per heavy atom. The highest BCUT2D eigenvalue weighted by molar-refractivity contribution is 5.52. The van der Waals surface area contributed by atoms with Gasteiger partial charge in [0, 0.05) is 6.07 Å². The number of nitriles is 1. The van der Waals surface area contributed by atoms with E-state index in [1.165, 1.54) is 38.5 Å². The third kappa shape index (κ3) is 2.60. The molecule has 9 heteroatoms. The van der Waals surface area contributed by atoms with E-state index in [1.807, 2.05) is 0 Å². The van der Waals surface area contributed by atoms with Crippen molar-refractivity contribution < 1.29 is 22.6 Å². The predicted molar refractivity (Wildman–Crippen MR) is 64.2 cm³/mol. The second kappa shape index (κ2) is 5.32. The average molecular weight is 298 g/mol.